The van der Waals surface area contributed by atoms with Crippen molar-refractivity contribution in [1.82, 2.24) is 25.3 Å². The third-order valence-electron chi connectivity index (χ3n) is 8.13. The molecule has 0 aromatic heterocycles. The number of carboxylic acid groups (broad SMARTS) is 1. The SMILES string of the molecule is CC(C)C[C@H](NC(=O)[C@@H]1CCCN1C(=O)[C@@H]1CCCN1C(=O)[C@@H](N)CCCNC(=N)N)C(=O)N1CCC[C@H]1C(=O)O. The summed E-state index contributed by atoms with van der Waals surface area (Å²) in [4.78, 5) is 69.7. The Morgan fingerprint density at radius 3 is 2.05 bits per heavy atom. The minimum atomic E-state index is -1.05. The number of hydrogen-bond donors (Lipinski definition) is 6. The Hall–Kier alpha value is -3.42. The number of carbonyl (C=O) groups is 5. The van der Waals surface area contributed by atoms with Crippen LogP contribution in [0, 0.1) is 11.3 Å². The highest BCUT2D eigenvalue weighted by atomic mass is 16.4. The molecule has 0 aromatic carbocycles. The Morgan fingerprint density at radius 2 is 1.46 bits per heavy atom. The van der Waals surface area contributed by atoms with Crippen LogP contribution in [0.3, 0.4) is 0 Å². The van der Waals surface area contributed by atoms with E-state index < -0.39 is 48.0 Å². The van der Waals surface area contributed by atoms with E-state index in [0.717, 1.165) is 0 Å². The van der Waals surface area contributed by atoms with Crippen LogP contribution in [0.4, 0.5) is 0 Å². The lowest BCUT2D eigenvalue weighted by Gasteiger charge is -2.33. The summed E-state index contributed by atoms with van der Waals surface area (Å²) >= 11 is 0. The van der Waals surface area contributed by atoms with Crippen LogP contribution >= 0.6 is 0 Å². The third kappa shape index (κ3) is 8.08. The Morgan fingerprint density at radius 1 is 0.902 bits per heavy atom. The van der Waals surface area contributed by atoms with Crippen LogP contribution in [0.1, 0.15) is 71.6 Å². The molecule has 3 aliphatic rings. The van der Waals surface area contributed by atoms with Crippen molar-refractivity contribution < 1.29 is 29.1 Å². The van der Waals surface area contributed by atoms with Gasteiger partial charge in [0.15, 0.2) is 5.96 Å². The Kier molecular flexibility index (Phi) is 11.3. The lowest BCUT2D eigenvalue weighted by molar-refractivity contribution is -0.150. The van der Waals surface area contributed by atoms with Crippen molar-refractivity contribution in [2.45, 2.75) is 102 Å². The maximum atomic E-state index is 13.7. The largest absolute Gasteiger partial charge is 0.480 e. The number of carbonyl (C=O) groups excluding carboxylic acids is 4. The van der Waals surface area contributed by atoms with Crippen LogP contribution in [-0.4, -0.2) is 112 Å². The second kappa shape index (κ2) is 14.5. The summed E-state index contributed by atoms with van der Waals surface area (Å²) in [6.45, 7) is 5.37. The van der Waals surface area contributed by atoms with E-state index in [1.807, 2.05) is 13.8 Å². The molecule has 0 spiro atoms. The molecular formula is C27H46N8O6. The molecule has 0 bridgehead atoms. The maximum Gasteiger partial charge on any atom is 0.326 e. The zero-order valence-electron chi connectivity index (χ0n) is 24.1. The first-order valence-electron chi connectivity index (χ1n) is 14.7. The maximum absolute atomic E-state index is 13.7. The standard InChI is InChI=1S/C27H46N8O6/c1-16(2)15-18(24(38)35-14-6-10-21(35)26(40)41)32-22(36)19-8-4-12-33(19)25(39)20-9-5-13-34(20)23(37)17(28)7-3-11-31-27(29)30/h16-21H,3-15,28H2,1-2H3,(H,32,36)(H,40,41)(H4,29,30,31)/t17-,18-,19-,20-,21-/m0/s1. The van der Waals surface area contributed by atoms with E-state index in [9.17, 15) is 29.1 Å². The first kappa shape index (κ1) is 32.1. The fourth-order valence-electron chi connectivity index (χ4n) is 6.11. The molecule has 3 rings (SSSR count). The molecule has 4 amide bonds. The zero-order chi connectivity index (χ0) is 30.3. The van der Waals surface area contributed by atoms with E-state index in [2.05, 4.69) is 10.6 Å². The first-order chi connectivity index (χ1) is 19.4. The number of nitrogens with zero attached hydrogens (tertiary/aromatic N) is 3. The van der Waals surface area contributed by atoms with Gasteiger partial charge in [0, 0.05) is 26.2 Å². The topological polar surface area (TPSA) is 215 Å². The Labute approximate surface area is 241 Å². The van der Waals surface area contributed by atoms with Gasteiger partial charge >= 0.3 is 5.97 Å². The highest BCUT2D eigenvalue weighted by Crippen LogP contribution is 2.26. The molecule has 0 aliphatic carbocycles. The van der Waals surface area contributed by atoms with Crippen molar-refractivity contribution in [3.63, 3.8) is 0 Å². The zero-order valence-corrected chi connectivity index (χ0v) is 24.1. The van der Waals surface area contributed by atoms with Crippen LogP contribution in [0.5, 0.6) is 0 Å². The van der Waals surface area contributed by atoms with Gasteiger partial charge in [0.05, 0.1) is 6.04 Å². The van der Waals surface area contributed by atoms with Gasteiger partial charge in [0.2, 0.25) is 23.6 Å². The van der Waals surface area contributed by atoms with Crippen molar-refractivity contribution in [1.29, 1.82) is 5.41 Å². The average Bonchev–Trinajstić information content (AvgIpc) is 3.69. The number of guanidine groups is 1. The van der Waals surface area contributed by atoms with Crippen LogP contribution in [0.2, 0.25) is 0 Å². The van der Waals surface area contributed by atoms with E-state index in [4.69, 9.17) is 16.9 Å². The molecule has 3 heterocycles. The number of nitrogens with one attached hydrogen (secondary N) is 3. The molecular weight excluding hydrogens is 532 g/mol. The van der Waals surface area contributed by atoms with E-state index in [-0.39, 0.29) is 23.7 Å². The predicted octanol–water partition coefficient (Wildman–Crippen LogP) is -0.835. The van der Waals surface area contributed by atoms with Gasteiger partial charge in [0.25, 0.3) is 0 Å². The lowest BCUT2D eigenvalue weighted by atomic mass is 10.0. The highest BCUT2D eigenvalue weighted by Gasteiger charge is 2.44. The molecule has 3 saturated heterocycles. The predicted molar refractivity (Wildman–Crippen MR) is 150 cm³/mol. The number of carboxylic acids is 1. The minimum absolute atomic E-state index is 0.0666. The van der Waals surface area contributed by atoms with Gasteiger partial charge in [-0.05, 0) is 63.7 Å². The van der Waals surface area contributed by atoms with E-state index in [1.54, 1.807) is 0 Å². The molecule has 230 valence electrons. The molecule has 3 aliphatic heterocycles. The summed E-state index contributed by atoms with van der Waals surface area (Å²) in [5.74, 6) is -2.60. The number of amides is 4. The van der Waals surface area contributed by atoms with Gasteiger partial charge in [-0.15, -0.1) is 0 Å². The molecule has 8 N–H and O–H groups in total. The molecule has 0 saturated carbocycles. The molecule has 41 heavy (non-hydrogen) atoms. The van der Waals surface area contributed by atoms with Crippen molar-refractivity contribution in [2.24, 2.45) is 17.4 Å². The van der Waals surface area contributed by atoms with E-state index in [1.165, 1.54) is 14.7 Å². The van der Waals surface area contributed by atoms with Crippen LogP contribution in [-0.2, 0) is 24.0 Å². The molecule has 3 fully saturated rings. The molecule has 0 radical (unpaired) electrons. The van der Waals surface area contributed by atoms with Gasteiger partial charge < -0.3 is 41.9 Å². The number of likely N-dealkylation sites (tertiary alicyclic amines) is 3. The van der Waals surface area contributed by atoms with Gasteiger partial charge in [-0.25, -0.2) is 4.79 Å². The smallest absolute Gasteiger partial charge is 0.326 e. The first-order valence-corrected chi connectivity index (χ1v) is 14.7. The van der Waals surface area contributed by atoms with Crippen LogP contribution < -0.4 is 22.1 Å². The average molecular weight is 579 g/mol. The fourth-order valence-corrected chi connectivity index (χ4v) is 6.11. The van der Waals surface area contributed by atoms with Gasteiger partial charge in [-0.3, -0.25) is 24.6 Å². The van der Waals surface area contributed by atoms with Crippen LogP contribution in [0.25, 0.3) is 0 Å². The number of rotatable bonds is 12. The molecule has 5 atom stereocenters. The monoisotopic (exact) mass is 578 g/mol. The van der Waals surface area contributed by atoms with Gasteiger partial charge in [-0.2, -0.15) is 0 Å². The Balaban J connectivity index is 1.65. The number of aliphatic carboxylic acids is 1. The normalized spacial score (nSPS) is 23.9. The summed E-state index contributed by atoms with van der Waals surface area (Å²) in [6, 6.07) is -4.06. The molecule has 14 heteroatoms. The number of hydrogen-bond acceptors (Lipinski definition) is 7. The van der Waals surface area contributed by atoms with Crippen LogP contribution in [0.15, 0.2) is 0 Å². The summed E-state index contributed by atoms with van der Waals surface area (Å²) in [7, 11) is 0. The summed E-state index contributed by atoms with van der Waals surface area (Å²) in [5.41, 5.74) is 11.4. The van der Waals surface area contributed by atoms with Crippen molar-refractivity contribution in [2.75, 3.05) is 26.2 Å². The van der Waals surface area contributed by atoms with Gasteiger partial charge in [0.1, 0.15) is 24.2 Å². The Bertz CT molecular complexity index is 1010. The summed E-state index contributed by atoms with van der Waals surface area (Å²) in [5, 5.41) is 22.3. The second-order valence-corrected chi connectivity index (χ2v) is 11.7. The summed E-state index contributed by atoms with van der Waals surface area (Å²) in [6.07, 6.45) is 4.40. The molecule has 14 nitrogen and oxygen atoms in total. The van der Waals surface area contributed by atoms with E-state index in [0.29, 0.717) is 84.0 Å². The summed E-state index contributed by atoms with van der Waals surface area (Å²) < 4.78 is 0. The van der Waals surface area contributed by atoms with Crippen molar-refractivity contribution in [3.05, 3.63) is 0 Å². The number of nitrogens with two attached hydrogens (primary N) is 2. The fraction of sp³-hybridized carbons (Fsp3) is 0.778. The molecule has 0 aromatic rings. The minimum Gasteiger partial charge on any atom is -0.480 e. The second-order valence-electron chi connectivity index (χ2n) is 11.7. The van der Waals surface area contributed by atoms with Crippen molar-refractivity contribution >= 4 is 35.6 Å². The van der Waals surface area contributed by atoms with Gasteiger partial charge in [-0.1, -0.05) is 13.8 Å². The quantitative estimate of drug-likeness (QED) is 0.0966. The van der Waals surface area contributed by atoms with E-state index >= 15 is 0 Å². The lowest BCUT2D eigenvalue weighted by Crippen LogP contribution is -2.58. The highest BCUT2D eigenvalue weighted by molar-refractivity contribution is 5.96. The third-order valence-corrected chi connectivity index (χ3v) is 8.13. The van der Waals surface area contributed by atoms with Crippen molar-refractivity contribution in [3.8, 4) is 0 Å². The molecule has 0 unspecified atom stereocenters.